The van der Waals surface area contributed by atoms with Crippen LogP contribution in [0.1, 0.15) is 16.8 Å². The Morgan fingerprint density at radius 2 is 1.71 bits per heavy atom. The average Bonchev–Trinajstić information content (AvgIpc) is 2.73. The second kappa shape index (κ2) is 7.48. The first-order valence-electron chi connectivity index (χ1n) is 9.33. The van der Waals surface area contributed by atoms with Crippen LogP contribution in [0.5, 0.6) is 5.75 Å². The molecule has 0 amide bonds. The molecule has 1 aliphatic rings. The monoisotopic (exact) mass is 376 g/mol. The zero-order valence-corrected chi connectivity index (χ0v) is 16.4. The highest BCUT2D eigenvalue weighted by Gasteiger charge is 2.28. The molecule has 0 fully saturated rings. The standard InChI is InChI=1S/C22H24N4O2/c1-16-17(2)23-22-25(19-11-7-8-12-20(19)28-3)14-24(15-26(22)21(16)27)13-18-9-5-4-6-10-18/h4-12H,13-15H2,1-3H3. The summed E-state index contributed by atoms with van der Waals surface area (Å²) in [5.41, 5.74) is 3.54. The van der Waals surface area contributed by atoms with Crippen molar-refractivity contribution in [2.45, 2.75) is 27.1 Å². The zero-order valence-electron chi connectivity index (χ0n) is 16.4. The lowest BCUT2D eigenvalue weighted by molar-refractivity contribution is 0.189. The van der Waals surface area contributed by atoms with Gasteiger partial charge >= 0.3 is 0 Å². The van der Waals surface area contributed by atoms with Crippen molar-refractivity contribution in [1.29, 1.82) is 0 Å². The van der Waals surface area contributed by atoms with Crippen molar-refractivity contribution in [2.24, 2.45) is 0 Å². The predicted octanol–water partition coefficient (Wildman–Crippen LogP) is 3.44. The van der Waals surface area contributed by atoms with Crippen molar-refractivity contribution < 1.29 is 4.74 Å². The third kappa shape index (κ3) is 3.27. The fourth-order valence-electron chi connectivity index (χ4n) is 3.56. The first-order chi connectivity index (χ1) is 13.6. The Labute approximate surface area is 164 Å². The lowest BCUT2D eigenvalue weighted by Crippen LogP contribution is -2.47. The number of nitrogens with zero attached hydrogens (tertiary/aromatic N) is 4. The molecule has 1 aliphatic heterocycles. The van der Waals surface area contributed by atoms with E-state index in [9.17, 15) is 4.79 Å². The molecule has 6 nitrogen and oxygen atoms in total. The van der Waals surface area contributed by atoms with E-state index in [1.54, 1.807) is 11.7 Å². The van der Waals surface area contributed by atoms with Gasteiger partial charge in [0.2, 0.25) is 5.95 Å². The number of ether oxygens (including phenoxy) is 1. The van der Waals surface area contributed by atoms with Gasteiger partial charge in [0.05, 0.1) is 26.1 Å². The Bertz CT molecular complexity index is 1050. The SMILES string of the molecule is COc1ccccc1N1CN(Cc2ccccc2)Cn2c1nc(C)c(C)c2=O. The molecule has 0 aliphatic carbocycles. The molecule has 144 valence electrons. The molecule has 6 heteroatoms. The van der Waals surface area contributed by atoms with Gasteiger partial charge in [-0.25, -0.2) is 4.98 Å². The Balaban J connectivity index is 1.81. The molecule has 3 aromatic rings. The van der Waals surface area contributed by atoms with E-state index in [1.807, 2.05) is 56.3 Å². The normalized spacial score (nSPS) is 14.0. The van der Waals surface area contributed by atoms with E-state index in [0.29, 0.717) is 24.8 Å². The van der Waals surface area contributed by atoms with Gasteiger partial charge in [0.15, 0.2) is 0 Å². The van der Waals surface area contributed by atoms with E-state index in [2.05, 4.69) is 21.9 Å². The summed E-state index contributed by atoms with van der Waals surface area (Å²) in [7, 11) is 1.66. The van der Waals surface area contributed by atoms with E-state index in [0.717, 1.165) is 23.7 Å². The Morgan fingerprint density at radius 3 is 2.46 bits per heavy atom. The van der Waals surface area contributed by atoms with E-state index in [4.69, 9.17) is 9.72 Å². The molecule has 2 aromatic carbocycles. The highest BCUT2D eigenvalue weighted by atomic mass is 16.5. The van der Waals surface area contributed by atoms with E-state index in [-0.39, 0.29) is 5.56 Å². The molecular weight excluding hydrogens is 352 g/mol. The lowest BCUT2D eigenvalue weighted by atomic mass is 10.2. The lowest BCUT2D eigenvalue weighted by Gasteiger charge is -2.38. The summed E-state index contributed by atoms with van der Waals surface area (Å²) >= 11 is 0. The van der Waals surface area contributed by atoms with E-state index < -0.39 is 0 Å². The number of para-hydroxylation sites is 2. The number of rotatable bonds is 4. The predicted molar refractivity (Wildman–Crippen MR) is 110 cm³/mol. The molecule has 0 bridgehead atoms. The minimum Gasteiger partial charge on any atom is -0.495 e. The number of hydrogen-bond acceptors (Lipinski definition) is 5. The smallest absolute Gasteiger partial charge is 0.259 e. The van der Waals surface area contributed by atoms with Gasteiger partial charge < -0.3 is 4.74 Å². The summed E-state index contributed by atoms with van der Waals surface area (Å²) in [5.74, 6) is 1.41. The molecule has 0 saturated carbocycles. The molecule has 1 aromatic heterocycles. The van der Waals surface area contributed by atoms with Gasteiger partial charge in [-0.2, -0.15) is 0 Å². The van der Waals surface area contributed by atoms with Crippen LogP contribution in [0.25, 0.3) is 0 Å². The Morgan fingerprint density at radius 1 is 1.00 bits per heavy atom. The second-order valence-corrected chi connectivity index (χ2v) is 7.05. The third-order valence-electron chi connectivity index (χ3n) is 5.17. The number of benzene rings is 2. The van der Waals surface area contributed by atoms with Crippen LogP contribution < -0.4 is 15.2 Å². The summed E-state index contributed by atoms with van der Waals surface area (Å²) in [6, 6.07) is 18.1. The highest BCUT2D eigenvalue weighted by molar-refractivity contribution is 5.66. The minimum absolute atomic E-state index is 0.000148. The third-order valence-corrected chi connectivity index (χ3v) is 5.17. The molecule has 0 spiro atoms. The van der Waals surface area contributed by atoms with Crippen LogP contribution in [0.3, 0.4) is 0 Å². The first kappa shape index (κ1) is 18.3. The molecule has 0 N–H and O–H groups in total. The number of fused-ring (bicyclic) bond motifs is 1. The van der Waals surface area contributed by atoms with Gasteiger partial charge in [-0.15, -0.1) is 0 Å². The minimum atomic E-state index is 0.000148. The van der Waals surface area contributed by atoms with Gasteiger partial charge in [-0.05, 0) is 31.5 Å². The zero-order chi connectivity index (χ0) is 19.7. The van der Waals surface area contributed by atoms with Gasteiger partial charge in [0.25, 0.3) is 5.56 Å². The van der Waals surface area contributed by atoms with Crippen molar-refractivity contribution in [3.63, 3.8) is 0 Å². The Hall–Kier alpha value is -3.12. The maximum Gasteiger partial charge on any atom is 0.259 e. The van der Waals surface area contributed by atoms with Crippen molar-refractivity contribution in [1.82, 2.24) is 14.5 Å². The Kier molecular flexibility index (Phi) is 4.88. The molecule has 4 rings (SSSR count). The largest absolute Gasteiger partial charge is 0.495 e. The first-order valence-corrected chi connectivity index (χ1v) is 9.33. The number of aromatic nitrogens is 2. The van der Waals surface area contributed by atoms with Gasteiger partial charge in [-0.1, -0.05) is 42.5 Å². The molecule has 2 heterocycles. The van der Waals surface area contributed by atoms with Gasteiger partial charge in [0.1, 0.15) is 5.75 Å². The van der Waals surface area contributed by atoms with Gasteiger partial charge in [-0.3, -0.25) is 19.2 Å². The van der Waals surface area contributed by atoms with Crippen molar-refractivity contribution >= 4 is 11.6 Å². The summed E-state index contributed by atoms with van der Waals surface area (Å²) in [6.45, 7) is 5.58. The summed E-state index contributed by atoms with van der Waals surface area (Å²) in [4.78, 5) is 22.0. The fourth-order valence-corrected chi connectivity index (χ4v) is 3.56. The van der Waals surface area contributed by atoms with Crippen LogP contribution in [-0.2, 0) is 13.2 Å². The molecular formula is C22H24N4O2. The average molecular weight is 376 g/mol. The number of methoxy groups -OCH3 is 1. The molecule has 0 atom stereocenters. The van der Waals surface area contributed by atoms with Crippen molar-refractivity contribution in [2.75, 3.05) is 18.7 Å². The second-order valence-electron chi connectivity index (χ2n) is 7.05. The number of hydrogen-bond donors (Lipinski definition) is 0. The van der Waals surface area contributed by atoms with Crippen LogP contribution in [0.15, 0.2) is 59.4 Å². The van der Waals surface area contributed by atoms with Crippen LogP contribution in [-0.4, -0.2) is 28.2 Å². The van der Waals surface area contributed by atoms with Crippen molar-refractivity contribution in [3.8, 4) is 5.75 Å². The van der Waals surface area contributed by atoms with Crippen LogP contribution in [0, 0.1) is 13.8 Å². The van der Waals surface area contributed by atoms with E-state index >= 15 is 0 Å². The maximum absolute atomic E-state index is 13.0. The van der Waals surface area contributed by atoms with Crippen LogP contribution in [0.4, 0.5) is 11.6 Å². The molecule has 0 radical (unpaired) electrons. The van der Waals surface area contributed by atoms with Gasteiger partial charge in [0, 0.05) is 17.8 Å². The van der Waals surface area contributed by atoms with Crippen LogP contribution >= 0.6 is 0 Å². The fraction of sp³-hybridized carbons (Fsp3) is 0.273. The molecule has 28 heavy (non-hydrogen) atoms. The number of anilines is 2. The summed E-state index contributed by atoms with van der Waals surface area (Å²) in [5, 5.41) is 0. The highest BCUT2D eigenvalue weighted by Crippen LogP contribution is 2.34. The summed E-state index contributed by atoms with van der Waals surface area (Å²) in [6.07, 6.45) is 0. The molecule has 0 saturated heterocycles. The maximum atomic E-state index is 13.0. The van der Waals surface area contributed by atoms with Crippen molar-refractivity contribution in [3.05, 3.63) is 81.8 Å². The molecule has 0 unspecified atom stereocenters. The summed E-state index contributed by atoms with van der Waals surface area (Å²) < 4.78 is 7.33. The van der Waals surface area contributed by atoms with E-state index in [1.165, 1.54) is 5.56 Å². The number of aryl methyl sites for hydroxylation is 1. The van der Waals surface area contributed by atoms with Crippen LogP contribution in [0.2, 0.25) is 0 Å². The topological polar surface area (TPSA) is 50.6 Å². The quantitative estimate of drug-likeness (QED) is 0.698.